The summed E-state index contributed by atoms with van der Waals surface area (Å²) in [5.41, 5.74) is 6.05. The average Bonchev–Trinajstić information content (AvgIpc) is 2.72. The Kier molecular flexibility index (Phi) is 10.9. The highest BCUT2D eigenvalue weighted by atomic mass is 32.2. The minimum absolute atomic E-state index is 0.120. The molecule has 158 valence electrons. The molecule has 28 heavy (non-hydrogen) atoms. The molecule has 1 aromatic heterocycles. The minimum Gasteiger partial charge on any atom is -0.391 e. The molecule has 5 nitrogen and oxygen atoms in total. The number of aliphatic hydroxyl groups is 1. The molecular formula is C22H37N3O2S. The van der Waals surface area contributed by atoms with Gasteiger partial charge in [0.1, 0.15) is 0 Å². The zero-order chi connectivity index (χ0) is 20.2. The van der Waals surface area contributed by atoms with Gasteiger partial charge in [-0.1, -0.05) is 57.9 Å². The number of pyridine rings is 1. The number of nitrogens with zero attached hydrogens (tertiary/aromatic N) is 1. The molecule has 1 fully saturated rings. The second kappa shape index (κ2) is 13.2. The van der Waals surface area contributed by atoms with E-state index in [2.05, 4.69) is 17.2 Å². The van der Waals surface area contributed by atoms with Crippen molar-refractivity contribution in [2.45, 2.75) is 94.3 Å². The number of hydrogen-bond donors (Lipinski definition) is 3. The molecule has 0 saturated heterocycles. The SMILES string of the molecule is CCCC[C@H](N)C(=O)N[C@@H](CC1CCCCC1)[C@@H](O)CCSc1ccccn1. The van der Waals surface area contributed by atoms with Gasteiger partial charge in [-0.05, 0) is 37.3 Å². The molecule has 1 aromatic rings. The van der Waals surface area contributed by atoms with Gasteiger partial charge in [0.15, 0.2) is 0 Å². The Labute approximate surface area is 174 Å². The maximum absolute atomic E-state index is 12.5. The lowest BCUT2D eigenvalue weighted by atomic mass is 9.83. The van der Waals surface area contributed by atoms with Gasteiger partial charge >= 0.3 is 0 Å². The molecule has 4 N–H and O–H groups in total. The van der Waals surface area contributed by atoms with Gasteiger partial charge in [0.05, 0.1) is 23.2 Å². The first-order valence-electron chi connectivity index (χ1n) is 10.9. The molecule has 0 spiro atoms. The molecule has 1 aliphatic rings. The molecule has 0 bridgehead atoms. The Morgan fingerprint density at radius 1 is 1.32 bits per heavy atom. The Morgan fingerprint density at radius 2 is 2.11 bits per heavy atom. The third-order valence-corrected chi connectivity index (χ3v) is 6.59. The maximum atomic E-state index is 12.5. The van der Waals surface area contributed by atoms with Crippen molar-refractivity contribution in [1.82, 2.24) is 10.3 Å². The quantitative estimate of drug-likeness (QED) is 0.457. The normalized spacial score (nSPS) is 18.4. The molecule has 1 amide bonds. The smallest absolute Gasteiger partial charge is 0.237 e. The highest BCUT2D eigenvalue weighted by molar-refractivity contribution is 7.99. The van der Waals surface area contributed by atoms with Crippen LogP contribution < -0.4 is 11.1 Å². The number of hydrogen-bond acceptors (Lipinski definition) is 5. The van der Waals surface area contributed by atoms with Crippen molar-refractivity contribution in [2.75, 3.05) is 5.75 Å². The summed E-state index contributed by atoms with van der Waals surface area (Å²) in [7, 11) is 0. The van der Waals surface area contributed by atoms with Crippen LogP contribution in [-0.2, 0) is 4.79 Å². The number of aromatic nitrogens is 1. The highest BCUT2D eigenvalue weighted by Crippen LogP contribution is 2.29. The second-order valence-corrected chi connectivity index (χ2v) is 9.09. The van der Waals surface area contributed by atoms with E-state index in [1.54, 1.807) is 18.0 Å². The average molecular weight is 408 g/mol. The third kappa shape index (κ3) is 8.50. The highest BCUT2D eigenvalue weighted by Gasteiger charge is 2.27. The molecule has 0 aromatic carbocycles. The number of unbranched alkanes of at least 4 members (excludes halogenated alkanes) is 1. The van der Waals surface area contributed by atoms with Crippen LogP contribution in [0.3, 0.4) is 0 Å². The van der Waals surface area contributed by atoms with Crippen molar-refractivity contribution in [3.05, 3.63) is 24.4 Å². The Morgan fingerprint density at radius 3 is 2.79 bits per heavy atom. The van der Waals surface area contributed by atoms with Gasteiger partial charge < -0.3 is 16.2 Å². The molecular weight excluding hydrogens is 370 g/mol. The van der Waals surface area contributed by atoms with Crippen molar-refractivity contribution in [1.29, 1.82) is 0 Å². The van der Waals surface area contributed by atoms with Gasteiger partial charge in [-0.2, -0.15) is 0 Å². The van der Waals surface area contributed by atoms with E-state index in [1.165, 1.54) is 32.1 Å². The number of rotatable bonds is 12. The van der Waals surface area contributed by atoms with E-state index in [0.717, 1.165) is 30.0 Å². The first-order chi connectivity index (χ1) is 13.6. The first-order valence-corrected chi connectivity index (χ1v) is 11.9. The summed E-state index contributed by atoms with van der Waals surface area (Å²) in [6.45, 7) is 2.10. The summed E-state index contributed by atoms with van der Waals surface area (Å²) >= 11 is 1.64. The molecule has 6 heteroatoms. The van der Waals surface area contributed by atoms with Crippen LogP contribution in [-0.4, -0.2) is 39.9 Å². The van der Waals surface area contributed by atoms with Crippen LogP contribution in [0.25, 0.3) is 0 Å². The lowest BCUT2D eigenvalue weighted by Gasteiger charge is -2.31. The van der Waals surface area contributed by atoms with Gasteiger partial charge in [-0.15, -0.1) is 11.8 Å². The van der Waals surface area contributed by atoms with Crippen LogP contribution in [0.15, 0.2) is 29.4 Å². The molecule has 3 atom stereocenters. The van der Waals surface area contributed by atoms with Crippen molar-refractivity contribution in [3.8, 4) is 0 Å². The third-order valence-electron chi connectivity index (χ3n) is 5.61. The fourth-order valence-corrected chi connectivity index (χ4v) is 4.74. The summed E-state index contributed by atoms with van der Waals surface area (Å²) in [5.74, 6) is 1.24. The van der Waals surface area contributed by atoms with E-state index in [1.807, 2.05) is 18.2 Å². The summed E-state index contributed by atoms with van der Waals surface area (Å²) in [6.07, 6.45) is 11.6. The predicted molar refractivity (Wildman–Crippen MR) is 116 cm³/mol. The lowest BCUT2D eigenvalue weighted by Crippen LogP contribution is -2.50. The Balaban J connectivity index is 1.88. The predicted octanol–water partition coefficient (Wildman–Crippen LogP) is 3.90. The van der Waals surface area contributed by atoms with Gasteiger partial charge in [0, 0.05) is 11.9 Å². The minimum atomic E-state index is -0.555. The van der Waals surface area contributed by atoms with Crippen LogP contribution in [0.5, 0.6) is 0 Å². The van der Waals surface area contributed by atoms with Crippen molar-refractivity contribution in [3.63, 3.8) is 0 Å². The Bertz CT molecular complexity index is 552. The van der Waals surface area contributed by atoms with Crippen LogP contribution in [0, 0.1) is 5.92 Å². The molecule has 1 heterocycles. The molecule has 0 aliphatic heterocycles. The van der Waals surface area contributed by atoms with E-state index < -0.39 is 12.1 Å². The topological polar surface area (TPSA) is 88.2 Å². The molecule has 0 unspecified atom stereocenters. The van der Waals surface area contributed by atoms with Gasteiger partial charge in [-0.3, -0.25) is 4.79 Å². The van der Waals surface area contributed by atoms with Crippen LogP contribution in [0.4, 0.5) is 0 Å². The zero-order valence-corrected chi connectivity index (χ0v) is 18.0. The molecule has 1 aliphatic carbocycles. The number of nitrogens with two attached hydrogens (primary N) is 1. The molecule has 0 radical (unpaired) electrons. The van der Waals surface area contributed by atoms with Gasteiger partial charge in [0.2, 0.25) is 5.91 Å². The van der Waals surface area contributed by atoms with Crippen LogP contribution in [0.1, 0.15) is 71.1 Å². The number of carbonyl (C=O) groups excluding carboxylic acids is 1. The fourth-order valence-electron chi connectivity index (χ4n) is 3.86. The zero-order valence-electron chi connectivity index (χ0n) is 17.2. The summed E-state index contributed by atoms with van der Waals surface area (Å²) < 4.78 is 0. The van der Waals surface area contributed by atoms with E-state index in [0.29, 0.717) is 18.8 Å². The van der Waals surface area contributed by atoms with Crippen LogP contribution >= 0.6 is 11.8 Å². The second-order valence-electron chi connectivity index (χ2n) is 7.98. The van der Waals surface area contributed by atoms with Crippen molar-refractivity contribution in [2.24, 2.45) is 11.7 Å². The van der Waals surface area contributed by atoms with Gasteiger partial charge in [-0.25, -0.2) is 4.98 Å². The number of amides is 1. The molecule has 1 saturated carbocycles. The largest absolute Gasteiger partial charge is 0.391 e. The van der Waals surface area contributed by atoms with Gasteiger partial charge in [0.25, 0.3) is 0 Å². The first kappa shape index (κ1) is 23.2. The standard InChI is InChI=1S/C22H37N3O2S/c1-2-3-11-18(23)22(27)25-19(16-17-9-5-4-6-10-17)20(26)13-15-28-21-12-7-8-14-24-21/h7-8,12,14,17-20,26H,2-6,9-11,13,15-16,23H2,1H3,(H,25,27)/t18-,19-,20-/m0/s1. The van der Waals surface area contributed by atoms with E-state index >= 15 is 0 Å². The summed E-state index contributed by atoms with van der Waals surface area (Å²) in [4.78, 5) is 16.8. The maximum Gasteiger partial charge on any atom is 0.237 e. The van der Waals surface area contributed by atoms with E-state index in [-0.39, 0.29) is 11.9 Å². The Hall–Kier alpha value is -1.11. The van der Waals surface area contributed by atoms with Crippen molar-refractivity contribution >= 4 is 17.7 Å². The number of carbonyl (C=O) groups is 1. The van der Waals surface area contributed by atoms with Crippen LogP contribution in [0.2, 0.25) is 0 Å². The number of nitrogens with one attached hydrogen (secondary N) is 1. The summed E-state index contributed by atoms with van der Waals surface area (Å²) in [5, 5.41) is 14.9. The summed E-state index contributed by atoms with van der Waals surface area (Å²) in [6, 6.07) is 5.15. The van der Waals surface area contributed by atoms with E-state index in [4.69, 9.17) is 5.73 Å². The fraction of sp³-hybridized carbons (Fsp3) is 0.727. The molecule has 2 rings (SSSR count). The lowest BCUT2D eigenvalue weighted by molar-refractivity contribution is -0.124. The monoisotopic (exact) mass is 407 g/mol. The van der Waals surface area contributed by atoms with Crippen molar-refractivity contribution < 1.29 is 9.90 Å². The number of thioether (sulfide) groups is 1. The van der Waals surface area contributed by atoms with E-state index in [9.17, 15) is 9.90 Å². The number of aliphatic hydroxyl groups excluding tert-OH is 1.